The molecule has 2 heterocycles. The number of aryl methyl sites for hydroxylation is 1. The number of fused-ring (bicyclic) bond motifs is 1. The number of aromatic nitrogens is 3. The minimum absolute atomic E-state index is 0.118. The van der Waals surface area contributed by atoms with Gasteiger partial charge in [-0.1, -0.05) is 11.3 Å². The highest BCUT2D eigenvalue weighted by molar-refractivity contribution is 7.98. The largest absolute Gasteiger partial charge is 0.327 e. The van der Waals surface area contributed by atoms with Gasteiger partial charge in [0.05, 0.1) is 0 Å². The fourth-order valence-electron chi connectivity index (χ4n) is 1.35. The zero-order valence-corrected chi connectivity index (χ0v) is 11.3. The Labute approximate surface area is 107 Å². The van der Waals surface area contributed by atoms with Crippen molar-refractivity contribution in [3.63, 3.8) is 0 Å². The predicted octanol–water partition coefficient (Wildman–Crippen LogP) is 1.04. The second-order valence-electron chi connectivity index (χ2n) is 3.92. The Balaban J connectivity index is 2.20. The van der Waals surface area contributed by atoms with Gasteiger partial charge in [-0.3, -0.25) is 4.79 Å². The van der Waals surface area contributed by atoms with E-state index >= 15 is 0 Å². The van der Waals surface area contributed by atoms with Crippen molar-refractivity contribution < 1.29 is 0 Å². The van der Waals surface area contributed by atoms with E-state index in [0.29, 0.717) is 4.96 Å². The molecule has 0 spiro atoms. The number of nitrogens with zero attached hydrogens (tertiary/aromatic N) is 3. The molecule has 0 saturated heterocycles. The van der Waals surface area contributed by atoms with Crippen LogP contribution in [0, 0.1) is 6.92 Å². The fraction of sp³-hybridized carbons (Fsp3) is 0.500. The van der Waals surface area contributed by atoms with Gasteiger partial charge in [-0.05, 0) is 13.8 Å². The Morgan fingerprint density at radius 1 is 1.65 bits per heavy atom. The molecule has 0 radical (unpaired) electrons. The summed E-state index contributed by atoms with van der Waals surface area (Å²) in [4.78, 5) is 16.6. The highest BCUT2D eigenvalue weighted by Gasteiger charge is 2.07. The number of thioether (sulfide) groups is 1. The zero-order valence-electron chi connectivity index (χ0n) is 9.71. The van der Waals surface area contributed by atoms with Gasteiger partial charge in [-0.2, -0.15) is 21.4 Å². The summed E-state index contributed by atoms with van der Waals surface area (Å²) in [6.07, 6.45) is 0. The van der Waals surface area contributed by atoms with Crippen molar-refractivity contribution in [3.05, 3.63) is 27.1 Å². The molecule has 92 valence electrons. The quantitative estimate of drug-likeness (QED) is 0.898. The first-order chi connectivity index (χ1) is 8.06. The summed E-state index contributed by atoms with van der Waals surface area (Å²) in [6, 6.07) is 1.67. The highest BCUT2D eigenvalue weighted by atomic mass is 32.2. The summed E-state index contributed by atoms with van der Waals surface area (Å²) >= 11 is 3.18. The smallest absolute Gasteiger partial charge is 0.275 e. The van der Waals surface area contributed by atoms with E-state index in [1.54, 1.807) is 11.8 Å². The first-order valence-corrected chi connectivity index (χ1v) is 7.23. The molecule has 1 atom stereocenters. The van der Waals surface area contributed by atoms with E-state index in [1.165, 1.54) is 21.9 Å². The predicted molar refractivity (Wildman–Crippen MR) is 71.7 cm³/mol. The van der Waals surface area contributed by atoms with E-state index in [1.807, 2.05) is 13.8 Å². The molecule has 0 fully saturated rings. The molecule has 0 aliphatic heterocycles. The van der Waals surface area contributed by atoms with E-state index in [-0.39, 0.29) is 11.6 Å². The fourth-order valence-corrected chi connectivity index (χ4v) is 3.30. The van der Waals surface area contributed by atoms with Gasteiger partial charge < -0.3 is 5.73 Å². The van der Waals surface area contributed by atoms with Crippen LogP contribution in [0.4, 0.5) is 0 Å². The summed E-state index contributed by atoms with van der Waals surface area (Å²) in [5, 5.41) is 5.16. The summed E-state index contributed by atoms with van der Waals surface area (Å²) < 4.78 is 1.36. The van der Waals surface area contributed by atoms with Crippen LogP contribution in [0.5, 0.6) is 0 Å². The molecule has 2 aromatic heterocycles. The van der Waals surface area contributed by atoms with E-state index in [9.17, 15) is 4.79 Å². The van der Waals surface area contributed by atoms with Gasteiger partial charge in [0.1, 0.15) is 5.01 Å². The summed E-state index contributed by atoms with van der Waals surface area (Å²) in [5.41, 5.74) is 6.28. The molecule has 7 heteroatoms. The summed E-state index contributed by atoms with van der Waals surface area (Å²) in [5.74, 6) is 1.66. The lowest BCUT2D eigenvalue weighted by Crippen LogP contribution is -2.17. The third-order valence-corrected chi connectivity index (χ3v) is 4.35. The molecule has 2 aromatic rings. The highest BCUT2D eigenvalue weighted by Crippen LogP contribution is 2.17. The Bertz CT molecular complexity index is 575. The Kier molecular flexibility index (Phi) is 3.80. The molecule has 0 amide bonds. The number of rotatable bonds is 4. The lowest BCUT2D eigenvalue weighted by atomic mass is 10.4. The molecular formula is C10H14N4OS2. The van der Waals surface area contributed by atoms with Crippen molar-refractivity contribution in [2.45, 2.75) is 25.6 Å². The van der Waals surface area contributed by atoms with Crippen molar-refractivity contribution in [2.24, 2.45) is 5.73 Å². The van der Waals surface area contributed by atoms with E-state index in [2.05, 4.69) is 10.1 Å². The second-order valence-corrected chi connectivity index (χ2v) is 5.99. The minimum Gasteiger partial charge on any atom is -0.327 e. The van der Waals surface area contributed by atoms with E-state index < -0.39 is 0 Å². The van der Waals surface area contributed by atoms with Crippen molar-refractivity contribution in [2.75, 3.05) is 5.75 Å². The van der Waals surface area contributed by atoms with Crippen molar-refractivity contribution in [3.8, 4) is 0 Å². The van der Waals surface area contributed by atoms with Gasteiger partial charge in [-0.15, -0.1) is 0 Å². The van der Waals surface area contributed by atoms with E-state index in [4.69, 9.17) is 5.73 Å². The molecule has 0 aliphatic carbocycles. The first-order valence-electron chi connectivity index (χ1n) is 5.26. The minimum atomic E-state index is -0.118. The topological polar surface area (TPSA) is 73.3 Å². The van der Waals surface area contributed by atoms with Crippen molar-refractivity contribution >= 4 is 28.1 Å². The maximum atomic E-state index is 11.6. The van der Waals surface area contributed by atoms with Gasteiger partial charge in [0, 0.05) is 29.3 Å². The first kappa shape index (κ1) is 12.5. The lowest BCUT2D eigenvalue weighted by Gasteiger charge is -2.01. The maximum absolute atomic E-state index is 11.6. The Morgan fingerprint density at radius 3 is 3.12 bits per heavy atom. The summed E-state index contributed by atoms with van der Waals surface area (Å²) in [6.45, 7) is 3.78. The third kappa shape index (κ3) is 3.05. The van der Waals surface area contributed by atoms with E-state index in [0.717, 1.165) is 22.2 Å². The average molecular weight is 270 g/mol. The second kappa shape index (κ2) is 5.16. The molecule has 17 heavy (non-hydrogen) atoms. The van der Waals surface area contributed by atoms with Crippen LogP contribution in [0.25, 0.3) is 4.96 Å². The van der Waals surface area contributed by atoms with Gasteiger partial charge in [0.2, 0.25) is 4.96 Å². The Morgan fingerprint density at radius 2 is 2.41 bits per heavy atom. The summed E-state index contributed by atoms with van der Waals surface area (Å²) in [7, 11) is 0. The van der Waals surface area contributed by atoms with Crippen LogP contribution in [0.15, 0.2) is 10.9 Å². The van der Waals surface area contributed by atoms with Gasteiger partial charge in [0.25, 0.3) is 5.56 Å². The van der Waals surface area contributed by atoms with Crippen LogP contribution >= 0.6 is 23.1 Å². The molecule has 0 saturated carbocycles. The number of hydrogen-bond donors (Lipinski definition) is 1. The van der Waals surface area contributed by atoms with Crippen LogP contribution in [0.3, 0.4) is 0 Å². The van der Waals surface area contributed by atoms with Gasteiger partial charge >= 0.3 is 0 Å². The molecule has 0 aromatic carbocycles. The van der Waals surface area contributed by atoms with Crippen LogP contribution in [-0.4, -0.2) is 26.4 Å². The van der Waals surface area contributed by atoms with Crippen molar-refractivity contribution in [1.29, 1.82) is 0 Å². The van der Waals surface area contributed by atoms with Crippen LogP contribution in [-0.2, 0) is 5.75 Å². The average Bonchev–Trinajstić information content (AvgIpc) is 2.60. The third-order valence-electron chi connectivity index (χ3n) is 2.02. The van der Waals surface area contributed by atoms with Crippen LogP contribution < -0.4 is 11.3 Å². The van der Waals surface area contributed by atoms with Crippen LogP contribution in [0.1, 0.15) is 17.6 Å². The number of hydrogen-bond acceptors (Lipinski definition) is 6. The zero-order chi connectivity index (χ0) is 12.4. The maximum Gasteiger partial charge on any atom is 0.275 e. The SMILES string of the molecule is Cc1cc(=O)n2nc(CSCC(C)N)sc2n1. The molecular weight excluding hydrogens is 256 g/mol. The monoisotopic (exact) mass is 270 g/mol. The molecule has 1 unspecified atom stereocenters. The molecule has 0 aliphatic rings. The van der Waals surface area contributed by atoms with Crippen LogP contribution in [0.2, 0.25) is 0 Å². The molecule has 2 N–H and O–H groups in total. The lowest BCUT2D eigenvalue weighted by molar-refractivity contribution is 0.844. The van der Waals surface area contributed by atoms with Gasteiger partial charge in [-0.25, -0.2) is 4.98 Å². The van der Waals surface area contributed by atoms with Crippen molar-refractivity contribution in [1.82, 2.24) is 14.6 Å². The molecule has 0 bridgehead atoms. The normalized spacial score (nSPS) is 13.1. The van der Waals surface area contributed by atoms with Gasteiger partial charge in [0.15, 0.2) is 0 Å². The standard InChI is InChI=1S/C10H14N4OS2/c1-6(11)4-16-5-8-13-14-9(15)3-7(2)12-10(14)17-8/h3,6H,4-5,11H2,1-2H3. The molecule has 5 nitrogen and oxygen atoms in total. The number of nitrogens with two attached hydrogens (primary N) is 1. The molecule has 2 rings (SSSR count). The Hall–Kier alpha value is -0.920.